The summed E-state index contributed by atoms with van der Waals surface area (Å²) in [5.74, 6) is 0. The molecule has 96 valence electrons. The van der Waals surface area contributed by atoms with Crippen LogP contribution in [0.25, 0.3) is 0 Å². The summed E-state index contributed by atoms with van der Waals surface area (Å²) in [5, 5.41) is 0. The van der Waals surface area contributed by atoms with Gasteiger partial charge in [0.25, 0.3) is 0 Å². The van der Waals surface area contributed by atoms with Gasteiger partial charge in [0.2, 0.25) is 0 Å². The predicted molar refractivity (Wildman–Crippen MR) is 72.9 cm³/mol. The average molecular weight is 225 g/mol. The third kappa shape index (κ3) is 5.34. The summed E-state index contributed by atoms with van der Waals surface area (Å²) in [4.78, 5) is 2.73. The van der Waals surface area contributed by atoms with Crippen LogP contribution in [0.1, 0.15) is 78.1 Å². The Balaban J connectivity index is 1.90. The number of hydrogen-bond acceptors (Lipinski definition) is 1. The van der Waals surface area contributed by atoms with E-state index in [9.17, 15) is 0 Å². The smallest absolute Gasteiger partial charge is 0.00931 e. The van der Waals surface area contributed by atoms with Gasteiger partial charge in [-0.2, -0.15) is 0 Å². The van der Waals surface area contributed by atoms with E-state index in [2.05, 4.69) is 18.7 Å². The molecule has 16 heavy (non-hydrogen) atoms. The van der Waals surface area contributed by atoms with Crippen molar-refractivity contribution in [3.8, 4) is 0 Å². The first-order chi connectivity index (χ1) is 7.88. The third-order valence-electron chi connectivity index (χ3n) is 4.02. The molecule has 1 atom stereocenters. The Morgan fingerprint density at radius 1 is 0.938 bits per heavy atom. The Bertz CT molecular complexity index is 156. The van der Waals surface area contributed by atoms with E-state index in [1.165, 1.54) is 77.3 Å². The SMILES string of the molecule is CCCCCCCCCN1CCCC1CC. The summed E-state index contributed by atoms with van der Waals surface area (Å²) >= 11 is 0. The highest BCUT2D eigenvalue weighted by Crippen LogP contribution is 2.20. The lowest BCUT2D eigenvalue weighted by Gasteiger charge is -2.22. The van der Waals surface area contributed by atoms with Crippen LogP contribution in [0.3, 0.4) is 0 Å². The molecule has 1 saturated heterocycles. The van der Waals surface area contributed by atoms with Gasteiger partial charge < -0.3 is 4.90 Å². The van der Waals surface area contributed by atoms with Gasteiger partial charge in [-0.1, -0.05) is 52.4 Å². The maximum absolute atomic E-state index is 2.73. The van der Waals surface area contributed by atoms with E-state index in [0.29, 0.717) is 0 Å². The van der Waals surface area contributed by atoms with E-state index in [1.54, 1.807) is 0 Å². The van der Waals surface area contributed by atoms with E-state index in [0.717, 1.165) is 6.04 Å². The number of nitrogens with zero attached hydrogens (tertiary/aromatic N) is 1. The monoisotopic (exact) mass is 225 g/mol. The molecule has 0 aliphatic carbocycles. The van der Waals surface area contributed by atoms with Crippen LogP contribution < -0.4 is 0 Å². The van der Waals surface area contributed by atoms with Gasteiger partial charge in [-0.25, -0.2) is 0 Å². The first kappa shape index (κ1) is 14.0. The van der Waals surface area contributed by atoms with Gasteiger partial charge in [-0.05, 0) is 38.8 Å². The van der Waals surface area contributed by atoms with Crippen molar-refractivity contribution in [2.75, 3.05) is 13.1 Å². The molecule has 0 radical (unpaired) electrons. The lowest BCUT2D eigenvalue weighted by molar-refractivity contribution is 0.242. The molecule has 1 nitrogen and oxygen atoms in total. The summed E-state index contributed by atoms with van der Waals surface area (Å²) in [6.07, 6.45) is 14.3. The zero-order valence-corrected chi connectivity index (χ0v) is 11.5. The number of unbranched alkanes of at least 4 members (excludes halogenated alkanes) is 6. The maximum atomic E-state index is 2.73. The molecule has 0 spiro atoms. The number of likely N-dealkylation sites (tertiary alicyclic amines) is 1. The average Bonchev–Trinajstić information content (AvgIpc) is 2.75. The van der Waals surface area contributed by atoms with Crippen LogP contribution in [0.5, 0.6) is 0 Å². The van der Waals surface area contributed by atoms with E-state index in [1.807, 2.05) is 0 Å². The molecule has 0 aromatic rings. The van der Waals surface area contributed by atoms with Crippen molar-refractivity contribution in [1.82, 2.24) is 4.90 Å². The van der Waals surface area contributed by atoms with Crippen LogP contribution >= 0.6 is 0 Å². The standard InChI is InChI=1S/C15H31N/c1-3-5-6-7-8-9-10-13-16-14-11-12-15(16)4-2/h15H,3-14H2,1-2H3. The van der Waals surface area contributed by atoms with Gasteiger partial charge in [-0.3, -0.25) is 0 Å². The molecule has 0 saturated carbocycles. The second-order valence-electron chi connectivity index (χ2n) is 5.36. The fraction of sp³-hybridized carbons (Fsp3) is 1.00. The Labute approximate surface area is 103 Å². The van der Waals surface area contributed by atoms with Crippen LogP contribution in [-0.4, -0.2) is 24.0 Å². The van der Waals surface area contributed by atoms with Gasteiger partial charge in [0.1, 0.15) is 0 Å². The van der Waals surface area contributed by atoms with Crippen molar-refractivity contribution in [2.45, 2.75) is 84.1 Å². The Kier molecular flexibility index (Phi) is 7.92. The summed E-state index contributed by atoms with van der Waals surface area (Å²) < 4.78 is 0. The molecule has 1 rings (SSSR count). The van der Waals surface area contributed by atoms with Crippen molar-refractivity contribution < 1.29 is 0 Å². The Hall–Kier alpha value is -0.0400. The second kappa shape index (κ2) is 9.04. The molecule has 0 N–H and O–H groups in total. The molecule has 1 heteroatoms. The molecule has 0 aromatic carbocycles. The Morgan fingerprint density at radius 3 is 2.31 bits per heavy atom. The first-order valence-corrected chi connectivity index (χ1v) is 7.62. The van der Waals surface area contributed by atoms with Crippen LogP contribution in [0.15, 0.2) is 0 Å². The molecule has 0 bridgehead atoms. The summed E-state index contributed by atoms with van der Waals surface area (Å²) in [7, 11) is 0. The molecular weight excluding hydrogens is 194 g/mol. The van der Waals surface area contributed by atoms with Crippen LogP contribution in [0.4, 0.5) is 0 Å². The zero-order valence-electron chi connectivity index (χ0n) is 11.5. The molecule has 1 unspecified atom stereocenters. The van der Waals surface area contributed by atoms with Gasteiger partial charge in [0, 0.05) is 6.04 Å². The van der Waals surface area contributed by atoms with Crippen LogP contribution in [0.2, 0.25) is 0 Å². The van der Waals surface area contributed by atoms with Crippen molar-refractivity contribution in [3.05, 3.63) is 0 Å². The van der Waals surface area contributed by atoms with Crippen molar-refractivity contribution in [1.29, 1.82) is 0 Å². The fourth-order valence-electron chi connectivity index (χ4n) is 2.92. The summed E-state index contributed by atoms with van der Waals surface area (Å²) in [5.41, 5.74) is 0. The highest BCUT2D eigenvalue weighted by molar-refractivity contribution is 4.77. The number of hydrogen-bond donors (Lipinski definition) is 0. The fourth-order valence-corrected chi connectivity index (χ4v) is 2.92. The van der Waals surface area contributed by atoms with E-state index < -0.39 is 0 Å². The van der Waals surface area contributed by atoms with Crippen molar-refractivity contribution in [2.24, 2.45) is 0 Å². The third-order valence-corrected chi connectivity index (χ3v) is 4.02. The first-order valence-electron chi connectivity index (χ1n) is 7.62. The lowest BCUT2D eigenvalue weighted by Crippen LogP contribution is -2.29. The topological polar surface area (TPSA) is 3.24 Å². The normalized spacial score (nSPS) is 21.8. The van der Waals surface area contributed by atoms with Gasteiger partial charge >= 0.3 is 0 Å². The zero-order chi connectivity index (χ0) is 11.6. The summed E-state index contributed by atoms with van der Waals surface area (Å²) in [6.45, 7) is 7.37. The molecular formula is C15H31N. The highest BCUT2D eigenvalue weighted by atomic mass is 15.2. The molecule has 0 amide bonds. The largest absolute Gasteiger partial charge is 0.300 e. The van der Waals surface area contributed by atoms with Crippen LogP contribution in [0, 0.1) is 0 Å². The predicted octanol–water partition coefficient (Wildman–Crippen LogP) is 4.61. The molecule has 1 fully saturated rings. The Morgan fingerprint density at radius 2 is 1.62 bits per heavy atom. The maximum Gasteiger partial charge on any atom is 0.00931 e. The second-order valence-corrected chi connectivity index (χ2v) is 5.36. The van der Waals surface area contributed by atoms with Crippen LogP contribution in [-0.2, 0) is 0 Å². The molecule has 1 aliphatic rings. The molecule has 1 heterocycles. The highest BCUT2D eigenvalue weighted by Gasteiger charge is 2.21. The minimum Gasteiger partial charge on any atom is -0.300 e. The quantitative estimate of drug-likeness (QED) is 0.518. The molecule has 1 aliphatic heterocycles. The van der Waals surface area contributed by atoms with E-state index >= 15 is 0 Å². The van der Waals surface area contributed by atoms with Crippen molar-refractivity contribution in [3.63, 3.8) is 0 Å². The van der Waals surface area contributed by atoms with E-state index in [-0.39, 0.29) is 0 Å². The minimum absolute atomic E-state index is 0.917. The number of rotatable bonds is 9. The van der Waals surface area contributed by atoms with Gasteiger partial charge in [-0.15, -0.1) is 0 Å². The van der Waals surface area contributed by atoms with Gasteiger partial charge in [0.05, 0.1) is 0 Å². The lowest BCUT2D eigenvalue weighted by atomic mass is 10.1. The molecule has 0 aromatic heterocycles. The van der Waals surface area contributed by atoms with E-state index in [4.69, 9.17) is 0 Å². The van der Waals surface area contributed by atoms with Gasteiger partial charge in [0.15, 0.2) is 0 Å². The summed E-state index contributed by atoms with van der Waals surface area (Å²) in [6, 6.07) is 0.917. The minimum atomic E-state index is 0.917. The van der Waals surface area contributed by atoms with Crippen molar-refractivity contribution >= 4 is 0 Å².